The molecule has 0 aliphatic carbocycles. The zero-order valence-electron chi connectivity index (χ0n) is 7.63. The minimum absolute atomic E-state index is 0.159. The number of Topliss-reactive ketones (excluding diaryl/α,β-unsaturated/α-hetero) is 1. The lowest BCUT2D eigenvalue weighted by atomic mass is 10.1. The number of benzene rings is 1. The van der Waals surface area contributed by atoms with E-state index >= 15 is 0 Å². The monoisotopic (exact) mass is 181 g/mol. The largest absolute Gasteiger partial charge is 0.294 e. The Hall–Kier alpha value is -0.760. The van der Waals surface area contributed by atoms with Crippen molar-refractivity contribution in [3.63, 3.8) is 0 Å². The smallest absolute Gasteiger partial charge is 0.165 e. The van der Waals surface area contributed by atoms with E-state index in [1.807, 2.05) is 24.3 Å². The Bertz CT molecular complexity index is 292. The normalized spacial score (nSPS) is 10.3. The summed E-state index contributed by atoms with van der Waals surface area (Å²) in [6.07, 6.45) is 4.25. The van der Waals surface area contributed by atoms with Gasteiger partial charge in [-0.1, -0.05) is 12.1 Å². The lowest BCUT2D eigenvalue weighted by molar-refractivity contribution is 0.101. The molecule has 0 aliphatic rings. The fourth-order valence-electron chi connectivity index (χ4n) is 1.11. The fourth-order valence-corrected chi connectivity index (χ4v) is 2.12. The van der Waals surface area contributed by atoms with Gasteiger partial charge in [-0.25, -0.2) is 0 Å². The summed E-state index contributed by atoms with van der Waals surface area (Å²) in [5.41, 5.74) is 0.867. The number of carbonyl (C=O) groups excluding carboxylic acids is 1. The number of hydrogen-bond donors (Lipinski definition) is 0. The molecule has 1 nitrogen and oxygen atoms in total. The van der Waals surface area contributed by atoms with Gasteiger partial charge in [0.2, 0.25) is 0 Å². The second kappa shape index (κ2) is 3.76. The number of ketones is 1. The number of rotatable bonds is 2. The van der Waals surface area contributed by atoms with Crippen LogP contribution in [0.25, 0.3) is 0 Å². The molecule has 2 heteroatoms. The SMILES string of the molecule is CC(=O)c1ccccc1[S+](C)C. The maximum atomic E-state index is 11.2. The third kappa shape index (κ3) is 1.89. The fraction of sp³-hybridized carbons (Fsp3) is 0.300. The lowest BCUT2D eigenvalue weighted by Crippen LogP contribution is -2.04. The molecule has 0 heterocycles. The molecule has 1 rings (SSSR count). The standard InChI is InChI=1S/C10H13OS/c1-8(11)9-6-4-5-7-10(9)12(2)3/h4-7H,1-3H3/q+1. The van der Waals surface area contributed by atoms with Crippen molar-refractivity contribution >= 4 is 16.7 Å². The molecule has 64 valence electrons. The summed E-state index contributed by atoms with van der Waals surface area (Å²) in [5, 5.41) is 0. The van der Waals surface area contributed by atoms with Crippen molar-refractivity contribution in [3.8, 4) is 0 Å². The first kappa shape index (κ1) is 9.33. The Morgan fingerprint density at radius 3 is 2.25 bits per heavy atom. The molecule has 0 unspecified atom stereocenters. The van der Waals surface area contributed by atoms with E-state index in [1.54, 1.807) is 6.92 Å². The Kier molecular flexibility index (Phi) is 2.93. The first-order valence-corrected chi connectivity index (χ1v) is 5.84. The maximum Gasteiger partial charge on any atom is 0.165 e. The molecule has 12 heavy (non-hydrogen) atoms. The zero-order valence-corrected chi connectivity index (χ0v) is 8.44. The first-order chi connectivity index (χ1) is 5.63. The summed E-state index contributed by atoms with van der Waals surface area (Å²) < 4.78 is 0. The Morgan fingerprint density at radius 2 is 1.83 bits per heavy atom. The van der Waals surface area contributed by atoms with Crippen molar-refractivity contribution in [2.45, 2.75) is 11.8 Å². The van der Waals surface area contributed by atoms with Gasteiger partial charge in [0, 0.05) is 10.9 Å². The summed E-state index contributed by atoms with van der Waals surface area (Å²) in [7, 11) is 0.168. The van der Waals surface area contributed by atoms with Crippen molar-refractivity contribution in [1.82, 2.24) is 0 Å². The van der Waals surface area contributed by atoms with Gasteiger partial charge in [0.05, 0.1) is 5.56 Å². The van der Waals surface area contributed by atoms with Crippen LogP contribution in [0.15, 0.2) is 29.2 Å². The van der Waals surface area contributed by atoms with E-state index in [4.69, 9.17) is 0 Å². The Labute approximate surface area is 76.1 Å². The molecule has 0 fully saturated rings. The molecular weight excluding hydrogens is 168 g/mol. The molecular formula is C10H13OS+. The highest BCUT2D eigenvalue weighted by Gasteiger charge is 2.16. The van der Waals surface area contributed by atoms with Crippen molar-refractivity contribution in [2.75, 3.05) is 12.5 Å². The van der Waals surface area contributed by atoms with Gasteiger partial charge in [0.1, 0.15) is 12.5 Å². The molecule has 0 aromatic heterocycles. The van der Waals surface area contributed by atoms with Gasteiger partial charge in [-0.3, -0.25) is 4.79 Å². The molecule has 1 aromatic rings. The maximum absolute atomic E-state index is 11.2. The van der Waals surface area contributed by atoms with Crippen molar-refractivity contribution < 1.29 is 4.79 Å². The van der Waals surface area contributed by atoms with Gasteiger partial charge in [-0.15, -0.1) is 0 Å². The molecule has 0 atom stereocenters. The molecule has 0 N–H and O–H groups in total. The van der Waals surface area contributed by atoms with Gasteiger partial charge in [0.15, 0.2) is 10.7 Å². The summed E-state index contributed by atoms with van der Waals surface area (Å²) in [6.45, 7) is 1.62. The summed E-state index contributed by atoms with van der Waals surface area (Å²) >= 11 is 0. The van der Waals surface area contributed by atoms with Crippen molar-refractivity contribution in [1.29, 1.82) is 0 Å². The molecule has 0 aliphatic heterocycles. The third-order valence-electron chi connectivity index (χ3n) is 1.71. The molecule has 0 saturated carbocycles. The van der Waals surface area contributed by atoms with Crippen molar-refractivity contribution in [2.24, 2.45) is 0 Å². The zero-order chi connectivity index (χ0) is 9.14. The van der Waals surface area contributed by atoms with Crippen LogP contribution in [0.3, 0.4) is 0 Å². The lowest BCUT2D eigenvalue weighted by Gasteiger charge is -2.00. The molecule has 0 saturated heterocycles. The van der Waals surface area contributed by atoms with E-state index in [0.717, 1.165) is 5.56 Å². The van der Waals surface area contributed by atoms with Gasteiger partial charge < -0.3 is 0 Å². The van der Waals surface area contributed by atoms with Crippen LogP contribution >= 0.6 is 0 Å². The minimum atomic E-state index is 0.159. The van der Waals surface area contributed by atoms with E-state index in [-0.39, 0.29) is 16.7 Å². The highest BCUT2D eigenvalue weighted by molar-refractivity contribution is 7.95. The predicted molar refractivity (Wildman–Crippen MR) is 53.9 cm³/mol. The Balaban J connectivity index is 3.17. The summed E-state index contributed by atoms with van der Waals surface area (Å²) in [4.78, 5) is 12.3. The topological polar surface area (TPSA) is 17.1 Å². The second-order valence-electron chi connectivity index (χ2n) is 2.87. The van der Waals surface area contributed by atoms with Crippen LogP contribution in [0.5, 0.6) is 0 Å². The minimum Gasteiger partial charge on any atom is -0.294 e. The van der Waals surface area contributed by atoms with Crippen LogP contribution in [0.2, 0.25) is 0 Å². The Morgan fingerprint density at radius 1 is 1.25 bits per heavy atom. The quantitative estimate of drug-likeness (QED) is 0.504. The van der Waals surface area contributed by atoms with Crippen LogP contribution in [0.1, 0.15) is 17.3 Å². The predicted octanol–water partition coefficient (Wildman–Crippen LogP) is 2.13. The molecule has 0 radical (unpaired) electrons. The molecule has 1 aromatic carbocycles. The molecule has 0 amide bonds. The van der Waals surface area contributed by atoms with Crippen LogP contribution < -0.4 is 0 Å². The third-order valence-corrected chi connectivity index (χ3v) is 2.94. The summed E-state index contributed by atoms with van der Waals surface area (Å²) in [6, 6.07) is 7.81. The van der Waals surface area contributed by atoms with Crippen LogP contribution in [-0.4, -0.2) is 18.3 Å². The van der Waals surface area contributed by atoms with Gasteiger partial charge >= 0.3 is 0 Å². The van der Waals surface area contributed by atoms with Gasteiger partial charge in [-0.05, 0) is 19.1 Å². The highest BCUT2D eigenvalue weighted by Crippen LogP contribution is 2.15. The molecule has 0 bridgehead atoms. The van der Waals surface area contributed by atoms with Crippen LogP contribution in [0.4, 0.5) is 0 Å². The van der Waals surface area contributed by atoms with E-state index in [9.17, 15) is 4.79 Å². The highest BCUT2D eigenvalue weighted by atomic mass is 32.2. The molecule has 0 spiro atoms. The van der Waals surface area contributed by atoms with Crippen molar-refractivity contribution in [3.05, 3.63) is 29.8 Å². The first-order valence-electron chi connectivity index (χ1n) is 3.80. The van der Waals surface area contributed by atoms with E-state index in [1.165, 1.54) is 4.90 Å². The van der Waals surface area contributed by atoms with E-state index < -0.39 is 0 Å². The second-order valence-corrected chi connectivity index (χ2v) is 4.94. The van der Waals surface area contributed by atoms with Gasteiger partial charge in [0.25, 0.3) is 0 Å². The van der Waals surface area contributed by atoms with Gasteiger partial charge in [-0.2, -0.15) is 0 Å². The van der Waals surface area contributed by atoms with E-state index in [2.05, 4.69) is 12.5 Å². The van der Waals surface area contributed by atoms with E-state index in [0.29, 0.717) is 0 Å². The number of carbonyl (C=O) groups is 1. The average Bonchev–Trinajstić information content (AvgIpc) is 2.04. The van der Waals surface area contributed by atoms with Crippen LogP contribution in [-0.2, 0) is 10.9 Å². The average molecular weight is 181 g/mol. The van der Waals surface area contributed by atoms with Crippen LogP contribution in [0, 0.1) is 0 Å². The number of hydrogen-bond acceptors (Lipinski definition) is 1. The summed E-state index contributed by atoms with van der Waals surface area (Å²) in [5.74, 6) is 0.159.